The maximum atomic E-state index is 9.24. The second-order valence-electron chi connectivity index (χ2n) is 3.54. The first-order valence-electron chi connectivity index (χ1n) is 5.16. The van der Waals surface area contributed by atoms with Crippen molar-refractivity contribution in [3.8, 4) is 0 Å². The van der Waals surface area contributed by atoms with Crippen LogP contribution < -0.4 is 5.73 Å². The summed E-state index contributed by atoms with van der Waals surface area (Å²) in [6, 6.07) is 0. The van der Waals surface area contributed by atoms with Crippen molar-refractivity contribution in [2.24, 2.45) is 11.7 Å². The van der Waals surface area contributed by atoms with E-state index >= 15 is 0 Å². The third kappa shape index (κ3) is 5.56. The number of aliphatic hydroxyl groups excluding tert-OH is 1. The highest BCUT2D eigenvalue weighted by Crippen LogP contribution is 2.17. The van der Waals surface area contributed by atoms with Crippen molar-refractivity contribution >= 4 is 0 Å². The maximum absolute atomic E-state index is 9.24. The monoisotopic (exact) mass is 173 g/mol. The zero-order chi connectivity index (χ0) is 9.40. The molecule has 2 nitrogen and oxygen atoms in total. The number of hydrogen-bond donors (Lipinski definition) is 2. The Morgan fingerprint density at radius 3 is 1.75 bits per heavy atom. The van der Waals surface area contributed by atoms with Crippen LogP contribution in [-0.4, -0.2) is 11.3 Å². The van der Waals surface area contributed by atoms with Gasteiger partial charge in [-0.25, -0.2) is 0 Å². The van der Waals surface area contributed by atoms with Gasteiger partial charge in [0.2, 0.25) is 0 Å². The van der Waals surface area contributed by atoms with Crippen molar-refractivity contribution in [1.82, 2.24) is 0 Å². The van der Waals surface area contributed by atoms with Gasteiger partial charge in [-0.2, -0.15) is 0 Å². The molecule has 0 bridgehead atoms. The van der Waals surface area contributed by atoms with Crippen molar-refractivity contribution in [2.45, 2.75) is 58.6 Å². The van der Waals surface area contributed by atoms with E-state index in [1.54, 1.807) is 0 Å². The number of hydrogen-bond acceptors (Lipinski definition) is 2. The first-order valence-corrected chi connectivity index (χ1v) is 5.16. The molecule has 74 valence electrons. The molecule has 0 fully saturated rings. The molecule has 1 atom stereocenters. The summed E-state index contributed by atoms with van der Waals surface area (Å²) >= 11 is 0. The summed E-state index contributed by atoms with van der Waals surface area (Å²) in [6.07, 6.45) is 6.29. The van der Waals surface area contributed by atoms with Crippen LogP contribution >= 0.6 is 0 Å². The van der Waals surface area contributed by atoms with Gasteiger partial charge in [0.15, 0.2) is 0 Å². The average Bonchev–Trinajstić information content (AvgIpc) is 2.04. The molecule has 0 aromatic rings. The lowest BCUT2D eigenvalue weighted by atomic mass is 9.95. The number of nitrogens with two attached hydrogens (primary N) is 1. The molecule has 3 N–H and O–H groups in total. The lowest BCUT2D eigenvalue weighted by Gasteiger charge is -2.18. The number of unbranched alkanes of at least 4 members (excludes halogenated alkanes) is 2. The molecule has 0 saturated heterocycles. The SMILES string of the molecule is CCCCC(CCCC)C(N)O. The predicted molar refractivity (Wildman–Crippen MR) is 52.7 cm³/mol. The fraction of sp³-hybridized carbons (Fsp3) is 1.00. The van der Waals surface area contributed by atoms with Gasteiger partial charge in [-0.15, -0.1) is 0 Å². The minimum absolute atomic E-state index is 0.324. The Morgan fingerprint density at radius 1 is 1.08 bits per heavy atom. The first kappa shape index (κ1) is 11.9. The third-order valence-electron chi connectivity index (χ3n) is 2.34. The molecule has 0 amide bonds. The highest BCUT2D eigenvalue weighted by molar-refractivity contribution is 4.63. The van der Waals surface area contributed by atoms with E-state index in [4.69, 9.17) is 5.73 Å². The molecule has 2 heteroatoms. The summed E-state index contributed by atoms with van der Waals surface area (Å²) in [5, 5.41) is 9.24. The number of rotatable bonds is 7. The molecule has 12 heavy (non-hydrogen) atoms. The van der Waals surface area contributed by atoms with Crippen molar-refractivity contribution in [1.29, 1.82) is 0 Å². The highest BCUT2D eigenvalue weighted by atomic mass is 16.3. The van der Waals surface area contributed by atoms with E-state index in [1.165, 1.54) is 25.7 Å². The second-order valence-corrected chi connectivity index (χ2v) is 3.54. The van der Waals surface area contributed by atoms with Gasteiger partial charge >= 0.3 is 0 Å². The van der Waals surface area contributed by atoms with Gasteiger partial charge in [0, 0.05) is 0 Å². The van der Waals surface area contributed by atoms with Crippen LogP contribution in [0.4, 0.5) is 0 Å². The highest BCUT2D eigenvalue weighted by Gasteiger charge is 2.13. The van der Waals surface area contributed by atoms with E-state index in [9.17, 15) is 5.11 Å². The lowest BCUT2D eigenvalue weighted by molar-refractivity contribution is 0.100. The molecule has 1 unspecified atom stereocenters. The molecule has 0 aromatic heterocycles. The van der Waals surface area contributed by atoms with E-state index in [0.29, 0.717) is 5.92 Å². The van der Waals surface area contributed by atoms with E-state index in [-0.39, 0.29) is 0 Å². The summed E-state index contributed by atoms with van der Waals surface area (Å²) in [6.45, 7) is 4.33. The molecule has 0 aliphatic heterocycles. The van der Waals surface area contributed by atoms with Crippen molar-refractivity contribution in [2.75, 3.05) is 0 Å². The number of aliphatic hydroxyl groups is 1. The van der Waals surface area contributed by atoms with Gasteiger partial charge in [-0.3, -0.25) is 0 Å². The second kappa shape index (κ2) is 7.56. The van der Waals surface area contributed by atoms with E-state index < -0.39 is 6.23 Å². The van der Waals surface area contributed by atoms with Crippen LogP contribution in [0.15, 0.2) is 0 Å². The van der Waals surface area contributed by atoms with Crippen molar-refractivity contribution in [3.05, 3.63) is 0 Å². The summed E-state index contributed by atoms with van der Waals surface area (Å²) in [4.78, 5) is 0. The topological polar surface area (TPSA) is 46.2 Å². The Hall–Kier alpha value is -0.0800. The molecular formula is C10H23NO. The summed E-state index contributed by atoms with van der Waals surface area (Å²) in [5.41, 5.74) is 5.47. The molecular weight excluding hydrogens is 150 g/mol. The Bertz CT molecular complexity index is 85.8. The van der Waals surface area contributed by atoms with E-state index in [2.05, 4.69) is 13.8 Å². The fourth-order valence-corrected chi connectivity index (χ4v) is 1.42. The Labute approximate surface area is 76.2 Å². The molecule has 0 radical (unpaired) electrons. The normalized spacial score (nSPS) is 13.8. The van der Waals surface area contributed by atoms with Gasteiger partial charge in [0.05, 0.1) is 0 Å². The van der Waals surface area contributed by atoms with Crippen molar-refractivity contribution < 1.29 is 5.11 Å². The molecule has 0 spiro atoms. The zero-order valence-corrected chi connectivity index (χ0v) is 8.42. The van der Waals surface area contributed by atoms with Crippen LogP contribution in [0.3, 0.4) is 0 Å². The summed E-state index contributed by atoms with van der Waals surface area (Å²) < 4.78 is 0. The Morgan fingerprint density at radius 2 is 1.50 bits per heavy atom. The minimum Gasteiger partial charge on any atom is -0.379 e. The fourth-order valence-electron chi connectivity index (χ4n) is 1.42. The van der Waals surface area contributed by atoms with E-state index in [0.717, 1.165) is 12.8 Å². The van der Waals surface area contributed by atoms with E-state index in [1.807, 2.05) is 0 Å². The van der Waals surface area contributed by atoms with Crippen LogP contribution in [-0.2, 0) is 0 Å². The van der Waals surface area contributed by atoms with Gasteiger partial charge in [0.25, 0.3) is 0 Å². The maximum Gasteiger partial charge on any atom is 0.105 e. The molecule has 0 aliphatic rings. The standard InChI is InChI=1S/C10H23NO/c1-3-5-7-9(10(11)12)8-6-4-2/h9-10,12H,3-8,11H2,1-2H3. The summed E-state index contributed by atoms with van der Waals surface area (Å²) in [7, 11) is 0. The quantitative estimate of drug-likeness (QED) is 0.580. The van der Waals surface area contributed by atoms with Gasteiger partial charge in [-0.05, 0) is 18.8 Å². The van der Waals surface area contributed by atoms with Gasteiger partial charge < -0.3 is 10.8 Å². The molecule has 0 rings (SSSR count). The van der Waals surface area contributed by atoms with Crippen LogP contribution in [0.1, 0.15) is 52.4 Å². The largest absolute Gasteiger partial charge is 0.379 e. The average molecular weight is 173 g/mol. The van der Waals surface area contributed by atoms with Crippen LogP contribution in [0.25, 0.3) is 0 Å². The first-order chi connectivity index (χ1) is 5.72. The third-order valence-corrected chi connectivity index (χ3v) is 2.34. The molecule has 0 saturated carbocycles. The predicted octanol–water partition coefficient (Wildman–Crippen LogP) is 2.26. The van der Waals surface area contributed by atoms with Crippen molar-refractivity contribution in [3.63, 3.8) is 0 Å². The smallest absolute Gasteiger partial charge is 0.105 e. The van der Waals surface area contributed by atoms with Crippen LogP contribution in [0, 0.1) is 5.92 Å². The lowest BCUT2D eigenvalue weighted by Crippen LogP contribution is -2.29. The summed E-state index contributed by atoms with van der Waals surface area (Å²) in [5.74, 6) is 0.324. The van der Waals surface area contributed by atoms with Crippen LogP contribution in [0.2, 0.25) is 0 Å². The Kier molecular flexibility index (Phi) is 7.51. The zero-order valence-electron chi connectivity index (χ0n) is 8.42. The van der Waals surface area contributed by atoms with Crippen LogP contribution in [0.5, 0.6) is 0 Å². The molecule has 0 aromatic carbocycles. The van der Waals surface area contributed by atoms with Gasteiger partial charge in [0.1, 0.15) is 6.23 Å². The van der Waals surface area contributed by atoms with Gasteiger partial charge in [-0.1, -0.05) is 39.5 Å². The molecule has 0 aliphatic carbocycles. The molecule has 0 heterocycles. The Balaban J connectivity index is 3.55. The minimum atomic E-state index is -0.608.